The van der Waals surface area contributed by atoms with E-state index in [0.717, 1.165) is 33.5 Å². The van der Waals surface area contributed by atoms with Gasteiger partial charge in [0.2, 0.25) is 0 Å². The van der Waals surface area contributed by atoms with E-state index in [1.807, 2.05) is 30.4 Å². The maximum Gasteiger partial charge on any atom is 0.186 e. The van der Waals surface area contributed by atoms with Crippen molar-refractivity contribution in [1.82, 2.24) is 9.97 Å². The first kappa shape index (κ1) is 20.3. The highest BCUT2D eigenvalue weighted by Crippen LogP contribution is 2.44. The Kier molecular flexibility index (Phi) is 5.36. The first-order chi connectivity index (χ1) is 15.0. The summed E-state index contributed by atoms with van der Waals surface area (Å²) in [7, 11) is 2.07. The zero-order valence-electron chi connectivity index (χ0n) is 17.9. The van der Waals surface area contributed by atoms with Gasteiger partial charge in [0.05, 0.1) is 26.1 Å². The fourth-order valence-corrected chi connectivity index (χ4v) is 6.02. The fourth-order valence-electron chi connectivity index (χ4n) is 3.76. The lowest BCUT2D eigenvalue weighted by molar-refractivity contribution is 0.628. The third-order valence-corrected chi connectivity index (χ3v) is 8.26. The molecule has 158 valence electrons. The van der Waals surface area contributed by atoms with Gasteiger partial charge in [0, 0.05) is 19.5 Å². The van der Waals surface area contributed by atoms with Crippen LogP contribution >= 0.6 is 22.7 Å². The zero-order chi connectivity index (χ0) is 21.5. The molecule has 0 N–H and O–H groups in total. The first-order valence-electron chi connectivity index (χ1n) is 10.5. The van der Waals surface area contributed by atoms with E-state index in [-0.39, 0.29) is 5.82 Å². The Hall–Kier alpha value is -2.57. The molecule has 0 aliphatic heterocycles. The molecule has 1 saturated carbocycles. The van der Waals surface area contributed by atoms with Gasteiger partial charge in [-0.1, -0.05) is 41.7 Å². The average molecular weight is 450 g/mol. The summed E-state index contributed by atoms with van der Waals surface area (Å²) in [5.41, 5.74) is 5.61. The Bertz CT molecular complexity index is 1220. The van der Waals surface area contributed by atoms with Crippen LogP contribution in [0.5, 0.6) is 0 Å². The van der Waals surface area contributed by atoms with Crippen LogP contribution in [-0.4, -0.2) is 17.0 Å². The standard InChI is InChI=1S/C25H24FN3S2/c1-15-23(30-24(27-15)19-7-8-19)20-6-4-5-17(13-20)14-29(3)25-28-16(2)22(31-25)18-9-11-21(26)12-10-18/h4-6,9-13,19H,7-8,14H2,1-3H3. The normalized spacial score (nSPS) is 13.5. The van der Waals surface area contributed by atoms with Crippen LogP contribution < -0.4 is 4.90 Å². The highest BCUT2D eigenvalue weighted by Gasteiger charge is 2.28. The Labute approximate surface area is 190 Å². The second-order valence-corrected chi connectivity index (χ2v) is 10.2. The van der Waals surface area contributed by atoms with E-state index in [1.54, 1.807) is 11.3 Å². The lowest BCUT2D eigenvalue weighted by Gasteiger charge is -2.16. The summed E-state index contributed by atoms with van der Waals surface area (Å²) in [4.78, 5) is 14.1. The second kappa shape index (κ2) is 8.17. The number of hydrogen-bond donors (Lipinski definition) is 0. The van der Waals surface area contributed by atoms with E-state index in [2.05, 4.69) is 43.1 Å². The summed E-state index contributed by atoms with van der Waals surface area (Å²) in [6, 6.07) is 15.4. The number of hydrogen-bond acceptors (Lipinski definition) is 5. The molecule has 0 atom stereocenters. The minimum absolute atomic E-state index is 0.219. The number of halogens is 1. The van der Waals surface area contributed by atoms with Crippen molar-refractivity contribution in [1.29, 1.82) is 0 Å². The van der Waals surface area contributed by atoms with Gasteiger partial charge in [0.25, 0.3) is 0 Å². The molecule has 6 heteroatoms. The van der Waals surface area contributed by atoms with E-state index in [0.29, 0.717) is 5.92 Å². The summed E-state index contributed by atoms with van der Waals surface area (Å²) in [6.07, 6.45) is 2.56. The zero-order valence-corrected chi connectivity index (χ0v) is 19.5. The maximum atomic E-state index is 13.3. The van der Waals surface area contributed by atoms with Crippen molar-refractivity contribution >= 4 is 27.8 Å². The average Bonchev–Trinajstić information content (AvgIpc) is 3.43. The number of anilines is 1. The third kappa shape index (κ3) is 4.27. The lowest BCUT2D eigenvalue weighted by atomic mass is 10.1. The van der Waals surface area contributed by atoms with Gasteiger partial charge in [0.1, 0.15) is 5.82 Å². The van der Waals surface area contributed by atoms with Crippen LogP contribution in [0.1, 0.15) is 40.7 Å². The molecule has 2 aromatic heterocycles. The van der Waals surface area contributed by atoms with E-state index in [9.17, 15) is 4.39 Å². The predicted octanol–water partition coefficient (Wildman–Crippen LogP) is 7.20. The van der Waals surface area contributed by atoms with Crippen LogP contribution in [0.3, 0.4) is 0 Å². The maximum absolute atomic E-state index is 13.3. The first-order valence-corrected chi connectivity index (χ1v) is 12.1. The van der Waals surface area contributed by atoms with Crippen LogP contribution in [0, 0.1) is 19.7 Å². The van der Waals surface area contributed by atoms with Gasteiger partial charge in [-0.05, 0) is 61.6 Å². The summed E-state index contributed by atoms with van der Waals surface area (Å²) in [5.74, 6) is 0.471. The van der Waals surface area contributed by atoms with Crippen molar-refractivity contribution in [3.8, 4) is 20.9 Å². The van der Waals surface area contributed by atoms with Gasteiger partial charge < -0.3 is 4.90 Å². The summed E-state index contributed by atoms with van der Waals surface area (Å²) in [6.45, 7) is 4.90. The van der Waals surface area contributed by atoms with Crippen molar-refractivity contribution < 1.29 is 4.39 Å². The largest absolute Gasteiger partial charge is 0.347 e. The molecule has 1 fully saturated rings. The molecule has 0 spiro atoms. The molecule has 2 heterocycles. The predicted molar refractivity (Wildman–Crippen MR) is 129 cm³/mol. The van der Waals surface area contributed by atoms with Crippen LogP contribution in [0.4, 0.5) is 9.52 Å². The minimum Gasteiger partial charge on any atom is -0.347 e. The molecule has 0 saturated heterocycles. The second-order valence-electron chi connectivity index (χ2n) is 8.22. The quantitative estimate of drug-likeness (QED) is 0.312. The highest BCUT2D eigenvalue weighted by atomic mass is 32.1. The lowest BCUT2D eigenvalue weighted by Crippen LogP contribution is -2.16. The summed E-state index contributed by atoms with van der Waals surface area (Å²) in [5, 5.41) is 2.26. The van der Waals surface area contributed by atoms with E-state index >= 15 is 0 Å². The highest BCUT2D eigenvalue weighted by molar-refractivity contribution is 7.19. The molecule has 4 aromatic rings. The molecule has 31 heavy (non-hydrogen) atoms. The van der Waals surface area contributed by atoms with E-state index in [4.69, 9.17) is 9.97 Å². The fraction of sp³-hybridized carbons (Fsp3) is 0.280. The van der Waals surface area contributed by atoms with Gasteiger partial charge in [-0.3, -0.25) is 0 Å². The number of aryl methyl sites for hydroxylation is 2. The van der Waals surface area contributed by atoms with Crippen molar-refractivity contribution in [2.45, 2.75) is 39.2 Å². The molecule has 2 aromatic carbocycles. The number of thiazole rings is 2. The molecule has 3 nitrogen and oxygen atoms in total. The van der Waals surface area contributed by atoms with Crippen molar-refractivity contribution in [2.24, 2.45) is 0 Å². The van der Waals surface area contributed by atoms with Gasteiger partial charge in [-0.25, -0.2) is 14.4 Å². The topological polar surface area (TPSA) is 29.0 Å². The van der Waals surface area contributed by atoms with Crippen LogP contribution in [0.25, 0.3) is 20.9 Å². The van der Waals surface area contributed by atoms with Crippen molar-refractivity contribution in [2.75, 3.05) is 11.9 Å². The van der Waals surface area contributed by atoms with Gasteiger partial charge in [0.15, 0.2) is 5.13 Å². The molecule has 0 amide bonds. The molecule has 5 rings (SSSR count). The van der Waals surface area contributed by atoms with Gasteiger partial charge >= 0.3 is 0 Å². The molecule has 1 aliphatic rings. The Morgan fingerprint density at radius 1 is 0.935 bits per heavy atom. The molecular weight excluding hydrogens is 425 g/mol. The monoisotopic (exact) mass is 449 g/mol. The molecule has 0 unspecified atom stereocenters. The van der Waals surface area contributed by atoms with Crippen LogP contribution in [0.15, 0.2) is 48.5 Å². The van der Waals surface area contributed by atoms with E-state index < -0.39 is 0 Å². The summed E-state index contributed by atoms with van der Waals surface area (Å²) < 4.78 is 13.3. The number of benzene rings is 2. The third-order valence-electron chi connectivity index (χ3n) is 5.57. The van der Waals surface area contributed by atoms with Crippen LogP contribution in [-0.2, 0) is 6.54 Å². The SMILES string of the molecule is Cc1nc(C2CC2)sc1-c1cccc(CN(C)c2nc(C)c(-c3ccc(F)cc3)s2)c1. The minimum atomic E-state index is -0.219. The number of nitrogens with zero attached hydrogens (tertiary/aromatic N) is 3. The van der Waals surface area contributed by atoms with Crippen LogP contribution in [0.2, 0.25) is 0 Å². The molecule has 0 radical (unpaired) electrons. The van der Waals surface area contributed by atoms with Gasteiger partial charge in [-0.15, -0.1) is 11.3 Å². The number of aromatic nitrogens is 2. The molecule has 1 aliphatic carbocycles. The Balaban J connectivity index is 1.36. The van der Waals surface area contributed by atoms with Crippen molar-refractivity contribution in [3.05, 3.63) is 76.3 Å². The smallest absolute Gasteiger partial charge is 0.186 e. The summed E-state index contributed by atoms with van der Waals surface area (Å²) >= 11 is 3.50. The Morgan fingerprint density at radius 2 is 1.65 bits per heavy atom. The molecule has 0 bridgehead atoms. The van der Waals surface area contributed by atoms with Crippen molar-refractivity contribution in [3.63, 3.8) is 0 Å². The number of rotatable bonds is 6. The van der Waals surface area contributed by atoms with Gasteiger partial charge in [-0.2, -0.15) is 0 Å². The molecular formula is C25H24FN3S2. The van der Waals surface area contributed by atoms with E-state index in [1.165, 1.54) is 46.0 Å². The Morgan fingerprint density at radius 3 is 2.39 bits per heavy atom.